The lowest BCUT2D eigenvalue weighted by Gasteiger charge is -2.13. The van der Waals surface area contributed by atoms with E-state index in [9.17, 15) is 0 Å². The van der Waals surface area contributed by atoms with Crippen LogP contribution >= 0.6 is 23.2 Å². The van der Waals surface area contributed by atoms with Gasteiger partial charge in [0.2, 0.25) is 5.75 Å². The Morgan fingerprint density at radius 1 is 1.04 bits per heavy atom. The minimum atomic E-state index is 0.148. The molecule has 118 valence electrons. The molecule has 1 aromatic carbocycles. The Morgan fingerprint density at radius 3 is 2.35 bits per heavy atom. The van der Waals surface area contributed by atoms with Crippen LogP contribution in [0.3, 0.4) is 0 Å². The van der Waals surface area contributed by atoms with Crippen molar-refractivity contribution in [2.75, 3.05) is 13.7 Å². The van der Waals surface area contributed by atoms with E-state index in [2.05, 4.69) is 15.0 Å². The molecule has 0 radical (unpaired) electrons. The molecule has 7 heteroatoms. The molecule has 0 atom stereocenters. The van der Waals surface area contributed by atoms with Crippen LogP contribution in [0.15, 0.2) is 35.3 Å². The van der Waals surface area contributed by atoms with E-state index in [1.165, 1.54) is 0 Å². The molecule has 2 heterocycles. The fourth-order valence-electron chi connectivity index (χ4n) is 2.11. The lowest BCUT2D eigenvalue weighted by atomic mass is 10.1. The molecule has 0 spiro atoms. The average molecular weight is 350 g/mol. The second kappa shape index (κ2) is 6.98. The van der Waals surface area contributed by atoms with Crippen molar-refractivity contribution in [1.29, 1.82) is 0 Å². The zero-order chi connectivity index (χ0) is 16.2. The van der Waals surface area contributed by atoms with Gasteiger partial charge in [0.25, 0.3) is 0 Å². The van der Waals surface area contributed by atoms with Gasteiger partial charge in [-0.2, -0.15) is 0 Å². The van der Waals surface area contributed by atoms with Gasteiger partial charge in [0, 0.05) is 18.3 Å². The molecule has 2 aromatic rings. The molecule has 0 bridgehead atoms. The lowest BCUT2D eigenvalue weighted by molar-refractivity contribution is 0.378. The zero-order valence-corrected chi connectivity index (χ0v) is 13.8. The third-order valence-corrected chi connectivity index (χ3v) is 3.75. The molecule has 5 nitrogen and oxygen atoms in total. The Bertz CT molecular complexity index is 768. The molecule has 0 saturated carbocycles. The van der Waals surface area contributed by atoms with E-state index in [4.69, 9.17) is 32.7 Å². The zero-order valence-electron chi connectivity index (χ0n) is 12.3. The van der Waals surface area contributed by atoms with Gasteiger partial charge in [-0.05, 0) is 24.6 Å². The van der Waals surface area contributed by atoms with E-state index in [-0.39, 0.29) is 16.1 Å². The maximum absolute atomic E-state index is 6.24. The number of hydrogen-bond acceptors (Lipinski definition) is 5. The van der Waals surface area contributed by atoms with Crippen molar-refractivity contribution in [2.24, 2.45) is 4.99 Å². The summed E-state index contributed by atoms with van der Waals surface area (Å²) in [6.45, 7) is 0.698. The van der Waals surface area contributed by atoms with Crippen molar-refractivity contribution in [1.82, 2.24) is 9.97 Å². The number of nitrogens with zero attached hydrogens (tertiary/aromatic N) is 3. The van der Waals surface area contributed by atoms with Gasteiger partial charge in [0.1, 0.15) is 0 Å². The maximum atomic E-state index is 6.24. The quantitative estimate of drug-likeness (QED) is 0.765. The van der Waals surface area contributed by atoms with E-state index >= 15 is 0 Å². The normalized spacial score (nSPS) is 13.6. The number of ether oxygens (including phenoxy) is 2. The van der Waals surface area contributed by atoms with Crippen LogP contribution in [0.5, 0.6) is 17.2 Å². The van der Waals surface area contributed by atoms with Crippen LogP contribution in [0.4, 0.5) is 0 Å². The van der Waals surface area contributed by atoms with Crippen molar-refractivity contribution in [3.8, 4) is 17.2 Å². The van der Waals surface area contributed by atoms with Gasteiger partial charge in [-0.1, -0.05) is 35.3 Å². The first-order valence-electron chi connectivity index (χ1n) is 6.92. The number of benzene rings is 1. The third kappa shape index (κ3) is 3.46. The number of methoxy groups -OCH3 is 1. The number of halogens is 2. The van der Waals surface area contributed by atoms with Crippen molar-refractivity contribution < 1.29 is 9.47 Å². The summed E-state index contributed by atoms with van der Waals surface area (Å²) in [7, 11) is 1.56. The van der Waals surface area contributed by atoms with Gasteiger partial charge in [-0.25, -0.2) is 9.97 Å². The molecule has 0 fully saturated rings. The second-order valence-electron chi connectivity index (χ2n) is 4.71. The molecule has 0 aliphatic carbocycles. The summed E-state index contributed by atoms with van der Waals surface area (Å²) < 4.78 is 11.0. The van der Waals surface area contributed by atoms with Gasteiger partial charge >= 0.3 is 0 Å². The Hall–Kier alpha value is -2.11. The number of rotatable bonds is 4. The van der Waals surface area contributed by atoms with Crippen LogP contribution in [0, 0.1) is 0 Å². The van der Waals surface area contributed by atoms with Crippen molar-refractivity contribution in [3.05, 3.63) is 46.5 Å². The standard InChI is InChI=1S/C16H13Cl2N3O2/c1-22-11-4-2-3-5-12(11)23-13-14(17)20-16(21-15(13)18)10-6-8-19-9-7-10/h2-6,8H,7,9H2,1H3. The van der Waals surface area contributed by atoms with Gasteiger partial charge in [0.15, 0.2) is 27.6 Å². The lowest BCUT2D eigenvalue weighted by Crippen LogP contribution is -2.02. The Morgan fingerprint density at radius 2 is 1.74 bits per heavy atom. The molecule has 23 heavy (non-hydrogen) atoms. The highest BCUT2D eigenvalue weighted by atomic mass is 35.5. The second-order valence-corrected chi connectivity index (χ2v) is 5.42. The SMILES string of the molecule is COc1ccccc1Oc1c(Cl)nc(C2=CC=NCC2)nc1Cl. The Balaban J connectivity index is 1.94. The number of hydrogen-bond donors (Lipinski definition) is 0. The minimum Gasteiger partial charge on any atom is -0.493 e. The topological polar surface area (TPSA) is 56.6 Å². The summed E-state index contributed by atoms with van der Waals surface area (Å²) >= 11 is 12.5. The van der Waals surface area contributed by atoms with Crippen molar-refractivity contribution in [2.45, 2.75) is 6.42 Å². The first kappa shape index (κ1) is 15.8. The van der Waals surface area contributed by atoms with E-state index in [1.54, 1.807) is 25.5 Å². The number of dihydropyridines is 1. The van der Waals surface area contributed by atoms with Crippen LogP contribution in [0.2, 0.25) is 10.3 Å². The third-order valence-electron chi connectivity index (χ3n) is 3.24. The fraction of sp³-hybridized carbons (Fsp3) is 0.188. The number of aliphatic imine (C=N–C) groups is 1. The summed E-state index contributed by atoms with van der Waals surface area (Å²) in [5.41, 5.74) is 0.938. The number of para-hydroxylation sites is 2. The first-order valence-corrected chi connectivity index (χ1v) is 7.68. The molecule has 0 saturated heterocycles. The molecule has 3 rings (SSSR count). The first-order chi connectivity index (χ1) is 11.2. The largest absolute Gasteiger partial charge is 0.493 e. The highest BCUT2D eigenvalue weighted by molar-refractivity contribution is 6.35. The van der Waals surface area contributed by atoms with Crippen LogP contribution in [0.1, 0.15) is 12.2 Å². The summed E-state index contributed by atoms with van der Waals surface area (Å²) in [6, 6.07) is 7.19. The molecule has 0 unspecified atom stereocenters. The predicted octanol–water partition coefficient (Wildman–Crippen LogP) is 4.44. The molecular weight excluding hydrogens is 337 g/mol. The average Bonchev–Trinajstić information content (AvgIpc) is 2.59. The maximum Gasteiger partial charge on any atom is 0.202 e. The number of allylic oxidation sites excluding steroid dienone is 1. The number of aromatic nitrogens is 2. The molecular formula is C16H13Cl2N3O2. The molecule has 0 N–H and O–H groups in total. The van der Waals surface area contributed by atoms with Crippen molar-refractivity contribution in [3.63, 3.8) is 0 Å². The van der Waals surface area contributed by atoms with Crippen molar-refractivity contribution >= 4 is 35.0 Å². The summed E-state index contributed by atoms with van der Waals surface area (Å²) in [6.07, 6.45) is 4.32. The van der Waals surface area contributed by atoms with Gasteiger partial charge in [-0.3, -0.25) is 4.99 Å². The minimum absolute atomic E-state index is 0.148. The highest BCUT2D eigenvalue weighted by Gasteiger charge is 2.18. The molecule has 1 aromatic heterocycles. The Labute approximate surface area is 143 Å². The summed E-state index contributed by atoms with van der Waals surface area (Å²) in [5.74, 6) is 1.74. The highest BCUT2D eigenvalue weighted by Crippen LogP contribution is 2.38. The van der Waals surface area contributed by atoms with Crippen LogP contribution in [-0.2, 0) is 0 Å². The van der Waals surface area contributed by atoms with E-state index in [0.29, 0.717) is 23.9 Å². The van der Waals surface area contributed by atoms with E-state index in [1.807, 2.05) is 18.2 Å². The van der Waals surface area contributed by atoms with Gasteiger partial charge in [-0.15, -0.1) is 0 Å². The summed E-state index contributed by atoms with van der Waals surface area (Å²) in [4.78, 5) is 12.7. The van der Waals surface area contributed by atoms with Crippen LogP contribution in [0.25, 0.3) is 5.57 Å². The van der Waals surface area contributed by atoms with E-state index < -0.39 is 0 Å². The van der Waals surface area contributed by atoms with E-state index in [0.717, 1.165) is 12.0 Å². The monoisotopic (exact) mass is 349 g/mol. The summed E-state index contributed by atoms with van der Waals surface area (Å²) in [5, 5.41) is 0.295. The molecule has 1 aliphatic heterocycles. The molecule has 1 aliphatic rings. The van der Waals surface area contributed by atoms with Gasteiger partial charge < -0.3 is 9.47 Å². The molecule has 0 amide bonds. The van der Waals surface area contributed by atoms with Crippen LogP contribution < -0.4 is 9.47 Å². The predicted molar refractivity (Wildman–Crippen MR) is 91.1 cm³/mol. The van der Waals surface area contributed by atoms with Crippen LogP contribution in [-0.4, -0.2) is 29.8 Å². The fourth-order valence-corrected chi connectivity index (χ4v) is 2.58. The van der Waals surface area contributed by atoms with Gasteiger partial charge in [0.05, 0.1) is 7.11 Å². The Kier molecular flexibility index (Phi) is 4.79. The smallest absolute Gasteiger partial charge is 0.202 e.